The zero-order valence-corrected chi connectivity index (χ0v) is 21.4. The van der Waals surface area contributed by atoms with E-state index < -0.39 is 6.29 Å². The van der Waals surface area contributed by atoms with Gasteiger partial charge in [-0.1, -0.05) is 88.4 Å². The molecule has 4 heteroatoms. The number of benzene rings is 2. The molecule has 0 N–H and O–H groups in total. The SMILES string of the molecule is CCCCCCCCc1cccc(OC(CC)OC(=O)C(C)[N+](C)(C)Cc2ccccc2)c1. The van der Waals surface area contributed by atoms with Gasteiger partial charge < -0.3 is 14.0 Å². The first kappa shape index (κ1) is 26.9. The maximum Gasteiger partial charge on any atom is 0.367 e. The number of carbonyl (C=O) groups is 1. The summed E-state index contributed by atoms with van der Waals surface area (Å²) >= 11 is 0. The number of esters is 1. The highest BCUT2D eigenvalue weighted by Gasteiger charge is 2.33. The van der Waals surface area contributed by atoms with E-state index in [1.807, 2.05) is 44.2 Å². The molecule has 0 fully saturated rings. The molecule has 0 amide bonds. The molecule has 182 valence electrons. The lowest BCUT2D eigenvalue weighted by molar-refractivity contribution is -0.917. The second kappa shape index (κ2) is 14.0. The lowest BCUT2D eigenvalue weighted by Gasteiger charge is -2.35. The van der Waals surface area contributed by atoms with E-state index in [0.717, 1.165) is 18.7 Å². The van der Waals surface area contributed by atoms with Crippen molar-refractivity contribution < 1.29 is 18.8 Å². The minimum atomic E-state index is -0.582. The lowest BCUT2D eigenvalue weighted by atomic mass is 10.0. The Bertz CT molecular complexity index is 819. The van der Waals surface area contributed by atoms with Crippen LogP contribution in [0.1, 0.15) is 76.8 Å². The molecule has 0 saturated carbocycles. The number of aryl methyl sites for hydroxylation is 1. The molecule has 0 aromatic heterocycles. The Kier molecular flexibility index (Phi) is 11.5. The highest BCUT2D eigenvalue weighted by Crippen LogP contribution is 2.20. The van der Waals surface area contributed by atoms with Crippen molar-refractivity contribution in [2.24, 2.45) is 0 Å². The summed E-state index contributed by atoms with van der Waals surface area (Å²) < 4.78 is 12.4. The number of carbonyl (C=O) groups excluding carboxylic acids is 1. The summed E-state index contributed by atoms with van der Waals surface area (Å²) in [5, 5.41) is 0. The first-order valence-electron chi connectivity index (χ1n) is 12.7. The fourth-order valence-electron chi connectivity index (χ4n) is 3.93. The van der Waals surface area contributed by atoms with E-state index in [1.54, 1.807) is 0 Å². The second-order valence-electron chi connectivity index (χ2n) is 9.66. The van der Waals surface area contributed by atoms with Crippen molar-refractivity contribution in [2.75, 3.05) is 14.1 Å². The minimum absolute atomic E-state index is 0.231. The maximum absolute atomic E-state index is 12.9. The van der Waals surface area contributed by atoms with Crippen LogP contribution in [0, 0.1) is 0 Å². The van der Waals surface area contributed by atoms with Crippen LogP contribution < -0.4 is 4.74 Å². The first-order valence-corrected chi connectivity index (χ1v) is 12.7. The highest BCUT2D eigenvalue weighted by molar-refractivity contribution is 5.74. The summed E-state index contributed by atoms with van der Waals surface area (Å²) in [6.07, 6.45) is 8.82. The van der Waals surface area contributed by atoms with Gasteiger partial charge in [0.05, 0.1) is 14.1 Å². The van der Waals surface area contributed by atoms with Gasteiger partial charge in [-0.15, -0.1) is 0 Å². The van der Waals surface area contributed by atoms with Crippen LogP contribution >= 0.6 is 0 Å². The number of ether oxygens (including phenoxy) is 2. The molecule has 33 heavy (non-hydrogen) atoms. The molecule has 0 heterocycles. The number of rotatable bonds is 15. The highest BCUT2D eigenvalue weighted by atomic mass is 16.7. The fourth-order valence-corrected chi connectivity index (χ4v) is 3.93. The number of likely N-dealkylation sites (N-methyl/N-ethyl adjacent to an activating group) is 1. The van der Waals surface area contributed by atoms with Crippen LogP contribution in [0.4, 0.5) is 0 Å². The molecule has 0 radical (unpaired) electrons. The Balaban J connectivity index is 1.87. The summed E-state index contributed by atoms with van der Waals surface area (Å²) in [7, 11) is 4.12. The molecule has 0 aliphatic rings. The third kappa shape index (κ3) is 9.59. The molecule has 0 bridgehead atoms. The average Bonchev–Trinajstić information content (AvgIpc) is 2.81. The third-order valence-electron chi connectivity index (χ3n) is 6.39. The quantitative estimate of drug-likeness (QED) is 0.127. The average molecular weight is 455 g/mol. The van der Waals surface area contributed by atoms with Crippen molar-refractivity contribution in [3.63, 3.8) is 0 Å². The van der Waals surface area contributed by atoms with E-state index in [0.29, 0.717) is 10.9 Å². The maximum atomic E-state index is 12.9. The molecule has 0 aliphatic heterocycles. The Hall–Kier alpha value is -2.33. The van der Waals surface area contributed by atoms with E-state index in [2.05, 4.69) is 45.3 Å². The van der Waals surface area contributed by atoms with Gasteiger partial charge in [-0.25, -0.2) is 4.79 Å². The summed E-state index contributed by atoms with van der Waals surface area (Å²) in [4.78, 5) is 12.9. The molecule has 2 rings (SSSR count). The molecule has 2 aromatic carbocycles. The zero-order chi connectivity index (χ0) is 24.1. The molecular formula is C29H44NO3+. The third-order valence-corrected chi connectivity index (χ3v) is 6.39. The van der Waals surface area contributed by atoms with E-state index in [1.165, 1.54) is 49.7 Å². The van der Waals surface area contributed by atoms with Gasteiger partial charge in [-0.05, 0) is 37.5 Å². The van der Waals surface area contributed by atoms with E-state index in [9.17, 15) is 4.79 Å². The fraction of sp³-hybridized carbons (Fsp3) is 0.552. The Morgan fingerprint density at radius 2 is 1.55 bits per heavy atom. The van der Waals surface area contributed by atoms with Crippen LogP contribution in [0.15, 0.2) is 54.6 Å². The summed E-state index contributed by atoms with van der Waals surface area (Å²) in [6.45, 7) is 6.92. The van der Waals surface area contributed by atoms with Gasteiger partial charge in [0.1, 0.15) is 12.3 Å². The number of hydrogen-bond acceptors (Lipinski definition) is 3. The van der Waals surface area contributed by atoms with Crippen molar-refractivity contribution >= 4 is 5.97 Å². The van der Waals surface area contributed by atoms with Crippen molar-refractivity contribution in [2.45, 2.75) is 91.0 Å². The van der Waals surface area contributed by atoms with Crippen molar-refractivity contribution in [3.05, 3.63) is 65.7 Å². The van der Waals surface area contributed by atoms with Crippen LogP contribution in [-0.4, -0.2) is 36.9 Å². The molecule has 2 atom stereocenters. The largest absolute Gasteiger partial charge is 0.455 e. The normalized spacial score (nSPS) is 13.4. The summed E-state index contributed by atoms with van der Waals surface area (Å²) in [6, 6.07) is 18.1. The van der Waals surface area contributed by atoms with Crippen LogP contribution in [-0.2, 0) is 22.5 Å². The van der Waals surface area contributed by atoms with Gasteiger partial charge in [0, 0.05) is 12.0 Å². The van der Waals surface area contributed by atoms with Gasteiger partial charge in [0.2, 0.25) is 6.29 Å². The van der Waals surface area contributed by atoms with Crippen molar-refractivity contribution in [1.29, 1.82) is 0 Å². The zero-order valence-electron chi connectivity index (χ0n) is 21.4. The van der Waals surface area contributed by atoms with E-state index >= 15 is 0 Å². The van der Waals surface area contributed by atoms with Gasteiger partial charge in [-0.2, -0.15) is 0 Å². The molecular weight excluding hydrogens is 410 g/mol. The van der Waals surface area contributed by atoms with Gasteiger partial charge in [-0.3, -0.25) is 0 Å². The predicted octanol–water partition coefficient (Wildman–Crippen LogP) is 6.91. The second-order valence-corrected chi connectivity index (χ2v) is 9.66. The van der Waals surface area contributed by atoms with Gasteiger partial charge >= 0.3 is 5.97 Å². The Morgan fingerprint density at radius 3 is 2.24 bits per heavy atom. The van der Waals surface area contributed by atoms with Gasteiger partial charge in [0.25, 0.3) is 0 Å². The molecule has 0 saturated heterocycles. The topological polar surface area (TPSA) is 35.5 Å². The smallest absolute Gasteiger partial charge is 0.367 e. The molecule has 2 aromatic rings. The van der Waals surface area contributed by atoms with Crippen molar-refractivity contribution in [3.8, 4) is 5.75 Å². The number of nitrogens with zero attached hydrogens (tertiary/aromatic N) is 1. The molecule has 2 unspecified atom stereocenters. The number of unbranched alkanes of at least 4 members (excludes halogenated alkanes) is 5. The molecule has 4 nitrogen and oxygen atoms in total. The first-order chi connectivity index (χ1) is 15.9. The number of quaternary nitrogens is 1. The Morgan fingerprint density at radius 1 is 0.879 bits per heavy atom. The van der Waals surface area contributed by atoms with Gasteiger partial charge in [0.15, 0.2) is 6.04 Å². The minimum Gasteiger partial charge on any atom is -0.455 e. The van der Waals surface area contributed by atoms with Crippen molar-refractivity contribution in [1.82, 2.24) is 0 Å². The van der Waals surface area contributed by atoms with Crippen LogP contribution in [0.2, 0.25) is 0 Å². The standard InChI is InChI=1S/C29H44NO3/c1-6-8-9-10-11-13-17-25-20-16-21-27(22-25)32-28(7-2)33-29(31)24(3)30(4,5)23-26-18-14-12-15-19-26/h12,14-16,18-22,24,28H,6-11,13,17,23H2,1-5H3/q+1. The van der Waals surface area contributed by atoms with Crippen LogP contribution in [0.3, 0.4) is 0 Å². The Labute approximate surface area is 201 Å². The van der Waals surface area contributed by atoms with Crippen LogP contribution in [0.25, 0.3) is 0 Å². The predicted molar refractivity (Wildman–Crippen MR) is 136 cm³/mol. The number of hydrogen-bond donors (Lipinski definition) is 0. The summed E-state index contributed by atoms with van der Waals surface area (Å²) in [5.41, 5.74) is 2.48. The van der Waals surface area contributed by atoms with Crippen LogP contribution in [0.5, 0.6) is 5.75 Å². The monoisotopic (exact) mass is 454 g/mol. The summed E-state index contributed by atoms with van der Waals surface area (Å²) in [5.74, 6) is 0.537. The molecule has 0 spiro atoms. The van der Waals surface area contributed by atoms with E-state index in [-0.39, 0.29) is 12.0 Å². The van der Waals surface area contributed by atoms with E-state index in [4.69, 9.17) is 9.47 Å². The molecule has 0 aliphatic carbocycles. The lowest BCUT2D eigenvalue weighted by Crippen LogP contribution is -2.52.